The highest BCUT2D eigenvalue weighted by atomic mass is 35.5. The number of aliphatic hydroxyl groups excluding tert-OH is 1. The average molecular weight is 267 g/mol. The molecular weight excluding hydrogens is 244 g/mol. The van der Waals surface area contributed by atoms with Gasteiger partial charge in [-0.15, -0.1) is 0 Å². The normalized spacial score (nSPS) is 30.1. The van der Waals surface area contributed by atoms with E-state index in [1.807, 2.05) is 24.3 Å². The predicted octanol–water partition coefficient (Wildman–Crippen LogP) is 4.32. The van der Waals surface area contributed by atoms with Gasteiger partial charge in [-0.25, -0.2) is 0 Å². The van der Waals surface area contributed by atoms with E-state index in [1.54, 1.807) is 0 Å². The maximum atomic E-state index is 10.4. The van der Waals surface area contributed by atoms with Gasteiger partial charge in [0.25, 0.3) is 0 Å². The Morgan fingerprint density at radius 2 is 1.78 bits per heavy atom. The van der Waals surface area contributed by atoms with Crippen molar-refractivity contribution in [2.75, 3.05) is 0 Å². The fourth-order valence-corrected chi connectivity index (χ4v) is 3.59. The minimum atomic E-state index is -0.255. The van der Waals surface area contributed by atoms with E-state index < -0.39 is 0 Å². The number of rotatable bonds is 3. The van der Waals surface area contributed by atoms with Crippen molar-refractivity contribution in [3.8, 4) is 0 Å². The molecule has 18 heavy (non-hydrogen) atoms. The van der Waals surface area contributed by atoms with Gasteiger partial charge in [-0.05, 0) is 48.6 Å². The van der Waals surface area contributed by atoms with Crippen LogP contribution in [0.5, 0.6) is 0 Å². The molecule has 0 amide bonds. The third kappa shape index (κ3) is 3.49. The Morgan fingerprint density at radius 3 is 2.39 bits per heavy atom. The van der Waals surface area contributed by atoms with Gasteiger partial charge in [-0.3, -0.25) is 0 Å². The summed E-state index contributed by atoms with van der Waals surface area (Å²) in [6.07, 6.45) is 4.03. The van der Waals surface area contributed by atoms with Crippen LogP contribution in [0.15, 0.2) is 24.3 Å². The lowest BCUT2D eigenvalue weighted by atomic mass is 9.73. The summed E-state index contributed by atoms with van der Waals surface area (Å²) in [5.41, 5.74) is 1.07. The van der Waals surface area contributed by atoms with Crippen molar-refractivity contribution in [2.24, 2.45) is 17.8 Å². The highest BCUT2D eigenvalue weighted by Crippen LogP contribution is 2.35. The Labute approximate surface area is 115 Å². The van der Waals surface area contributed by atoms with E-state index in [2.05, 4.69) is 13.8 Å². The number of hydrogen-bond acceptors (Lipinski definition) is 1. The topological polar surface area (TPSA) is 20.2 Å². The van der Waals surface area contributed by atoms with Crippen LogP contribution >= 0.6 is 11.6 Å². The molecule has 1 aromatic rings. The Hall–Kier alpha value is -0.530. The van der Waals surface area contributed by atoms with Gasteiger partial charge in [0.1, 0.15) is 0 Å². The summed E-state index contributed by atoms with van der Waals surface area (Å²) in [5, 5.41) is 11.2. The standard InChI is InChI=1S/C16H23ClO/c1-11-7-12(2)9-14(8-11)16(18)10-13-5-3-4-6-15(13)17/h3-6,11-12,14,16,18H,7-10H2,1-2H3. The molecule has 100 valence electrons. The zero-order chi connectivity index (χ0) is 13.1. The van der Waals surface area contributed by atoms with E-state index in [9.17, 15) is 5.11 Å². The van der Waals surface area contributed by atoms with Gasteiger partial charge >= 0.3 is 0 Å². The number of halogens is 1. The first-order valence-corrected chi connectivity index (χ1v) is 7.35. The summed E-state index contributed by atoms with van der Waals surface area (Å²) in [4.78, 5) is 0. The van der Waals surface area contributed by atoms with Gasteiger partial charge in [-0.1, -0.05) is 43.6 Å². The summed E-state index contributed by atoms with van der Waals surface area (Å²) in [5.74, 6) is 1.90. The molecule has 0 bridgehead atoms. The van der Waals surface area contributed by atoms with Crippen molar-refractivity contribution in [1.82, 2.24) is 0 Å². The lowest BCUT2D eigenvalue weighted by molar-refractivity contribution is 0.0561. The molecule has 1 saturated carbocycles. The van der Waals surface area contributed by atoms with Crippen LogP contribution in [-0.4, -0.2) is 11.2 Å². The van der Waals surface area contributed by atoms with Crippen LogP contribution in [-0.2, 0) is 6.42 Å². The van der Waals surface area contributed by atoms with Gasteiger partial charge in [0.2, 0.25) is 0 Å². The Balaban J connectivity index is 1.99. The van der Waals surface area contributed by atoms with Crippen molar-refractivity contribution >= 4 is 11.6 Å². The maximum Gasteiger partial charge on any atom is 0.0609 e. The van der Waals surface area contributed by atoms with Gasteiger partial charge in [0.15, 0.2) is 0 Å². The molecule has 1 fully saturated rings. The summed E-state index contributed by atoms with van der Waals surface area (Å²) >= 11 is 6.15. The van der Waals surface area contributed by atoms with Crippen molar-refractivity contribution in [2.45, 2.75) is 45.6 Å². The lowest BCUT2D eigenvalue weighted by Gasteiger charge is -2.34. The van der Waals surface area contributed by atoms with Crippen molar-refractivity contribution < 1.29 is 5.11 Å². The zero-order valence-electron chi connectivity index (χ0n) is 11.3. The van der Waals surface area contributed by atoms with E-state index in [0.717, 1.165) is 35.3 Å². The van der Waals surface area contributed by atoms with E-state index in [1.165, 1.54) is 6.42 Å². The Bertz CT molecular complexity index is 380. The first kappa shape index (κ1) is 13.9. The largest absolute Gasteiger partial charge is 0.392 e. The van der Waals surface area contributed by atoms with Gasteiger partial charge in [0, 0.05) is 11.4 Å². The van der Waals surface area contributed by atoms with Gasteiger partial charge in [0.05, 0.1) is 6.10 Å². The monoisotopic (exact) mass is 266 g/mol. The molecule has 0 radical (unpaired) electrons. The van der Waals surface area contributed by atoms with Crippen LogP contribution < -0.4 is 0 Å². The molecule has 2 rings (SSSR count). The van der Waals surface area contributed by atoms with Gasteiger partial charge < -0.3 is 5.11 Å². The van der Waals surface area contributed by atoms with Crippen molar-refractivity contribution in [3.63, 3.8) is 0 Å². The molecule has 3 atom stereocenters. The molecule has 0 aliphatic heterocycles. The SMILES string of the molecule is CC1CC(C)CC(C(O)Cc2ccccc2Cl)C1. The van der Waals surface area contributed by atoms with Gasteiger partial charge in [-0.2, -0.15) is 0 Å². The van der Waals surface area contributed by atoms with Crippen LogP contribution in [0.25, 0.3) is 0 Å². The van der Waals surface area contributed by atoms with E-state index in [0.29, 0.717) is 12.3 Å². The van der Waals surface area contributed by atoms with Crippen LogP contribution in [0.3, 0.4) is 0 Å². The molecule has 1 N–H and O–H groups in total. The third-order valence-electron chi connectivity index (χ3n) is 4.15. The number of benzene rings is 1. The van der Waals surface area contributed by atoms with E-state index in [-0.39, 0.29) is 6.10 Å². The zero-order valence-corrected chi connectivity index (χ0v) is 12.0. The molecule has 1 aliphatic carbocycles. The molecule has 1 aliphatic rings. The minimum absolute atomic E-state index is 0.255. The summed E-state index contributed by atoms with van der Waals surface area (Å²) in [6.45, 7) is 4.59. The molecular formula is C16H23ClO. The number of aliphatic hydroxyl groups is 1. The van der Waals surface area contributed by atoms with Crippen LogP contribution in [0.1, 0.15) is 38.7 Å². The molecule has 3 unspecified atom stereocenters. The van der Waals surface area contributed by atoms with Crippen LogP contribution in [0.4, 0.5) is 0 Å². The molecule has 1 aromatic carbocycles. The van der Waals surface area contributed by atoms with E-state index >= 15 is 0 Å². The van der Waals surface area contributed by atoms with Crippen LogP contribution in [0.2, 0.25) is 5.02 Å². The van der Waals surface area contributed by atoms with Crippen molar-refractivity contribution in [1.29, 1.82) is 0 Å². The Morgan fingerprint density at radius 1 is 1.17 bits per heavy atom. The predicted molar refractivity (Wildman–Crippen MR) is 76.8 cm³/mol. The summed E-state index contributed by atoms with van der Waals surface area (Å²) in [6, 6.07) is 7.83. The first-order chi connectivity index (χ1) is 8.56. The minimum Gasteiger partial charge on any atom is -0.392 e. The molecule has 1 nitrogen and oxygen atoms in total. The first-order valence-electron chi connectivity index (χ1n) is 6.97. The second kappa shape index (κ2) is 6.08. The highest BCUT2D eigenvalue weighted by Gasteiger charge is 2.29. The summed E-state index contributed by atoms with van der Waals surface area (Å²) < 4.78 is 0. The summed E-state index contributed by atoms with van der Waals surface area (Å²) in [7, 11) is 0. The third-order valence-corrected chi connectivity index (χ3v) is 4.51. The molecule has 0 saturated heterocycles. The van der Waals surface area contributed by atoms with Crippen molar-refractivity contribution in [3.05, 3.63) is 34.9 Å². The molecule has 0 spiro atoms. The molecule has 0 aromatic heterocycles. The lowest BCUT2D eigenvalue weighted by Crippen LogP contribution is -2.30. The second-order valence-corrected chi connectivity index (χ2v) is 6.45. The van der Waals surface area contributed by atoms with E-state index in [4.69, 9.17) is 11.6 Å². The highest BCUT2D eigenvalue weighted by molar-refractivity contribution is 6.31. The Kier molecular flexibility index (Phi) is 4.69. The fourth-order valence-electron chi connectivity index (χ4n) is 3.38. The molecule has 0 heterocycles. The smallest absolute Gasteiger partial charge is 0.0609 e. The second-order valence-electron chi connectivity index (χ2n) is 6.04. The average Bonchev–Trinajstić information content (AvgIpc) is 2.31. The van der Waals surface area contributed by atoms with Crippen LogP contribution in [0, 0.1) is 17.8 Å². The quantitative estimate of drug-likeness (QED) is 0.864. The number of hydrogen-bond donors (Lipinski definition) is 1. The fraction of sp³-hybridized carbons (Fsp3) is 0.625. The molecule has 2 heteroatoms. The maximum absolute atomic E-state index is 10.4.